The minimum absolute atomic E-state index is 0.0985. The maximum Gasteiger partial charge on any atom is 0.422 e. The van der Waals surface area contributed by atoms with Gasteiger partial charge < -0.3 is 4.74 Å². The van der Waals surface area contributed by atoms with Gasteiger partial charge in [0.1, 0.15) is 5.69 Å². The first-order chi connectivity index (χ1) is 8.25. The lowest BCUT2D eigenvalue weighted by Crippen LogP contribution is -2.35. The molecule has 1 amide bonds. The van der Waals surface area contributed by atoms with Gasteiger partial charge in [0, 0.05) is 4.47 Å². The number of ether oxygens (including phenoxy) is 1. The van der Waals surface area contributed by atoms with E-state index in [0.29, 0.717) is 0 Å². The predicted octanol–water partition coefficient (Wildman–Crippen LogP) is 1.74. The Balaban J connectivity index is 3.01. The molecule has 1 aromatic rings. The number of anilines is 1. The van der Waals surface area contributed by atoms with Crippen LogP contribution < -0.4 is 9.44 Å². The quantitative estimate of drug-likeness (QED) is 0.874. The Hall–Kier alpha value is -1.42. The minimum Gasteiger partial charge on any atom is -0.452 e. The Bertz CT molecular complexity index is 555. The van der Waals surface area contributed by atoms with E-state index in [1.54, 1.807) is 0 Å². The van der Waals surface area contributed by atoms with Crippen LogP contribution in [0.25, 0.3) is 0 Å². The molecule has 0 aliphatic rings. The van der Waals surface area contributed by atoms with Gasteiger partial charge in [-0.1, -0.05) is 15.9 Å². The molecule has 1 rings (SSSR count). The van der Waals surface area contributed by atoms with Crippen LogP contribution in [0.4, 0.5) is 19.3 Å². The fourth-order valence-corrected chi connectivity index (χ4v) is 2.17. The zero-order chi connectivity index (χ0) is 13.9. The van der Waals surface area contributed by atoms with Crippen LogP contribution in [0.3, 0.4) is 0 Å². The zero-order valence-corrected chi connectivity index (χ0v) is 11.2. The van der Waals surface area contributed by atoms with Crippen molar-refractivity contribution in [3.05, 3.63) is 28.2 Å². The Morgan fingerprint density at radius 1 is 1.33 bits per heavy atom. The number of rotatable bonds is 3. The molecule has 100 valence electrons. The van der Waals surface area contributed by atoms with Crippen LogP contribution in [0.1, 0.15) is 0 Å². The largest absolute Gasteiger partial charge is 0.452 e. The SMILES string of the molecule is COC(=O)NS(=O)(=O)Nc1c(F)cc(Br)cc1F. The average Bonchev–Trinajstić information content (AvgIpc) is 2.22. The Labute approximate surface area is 110 Å². The van der Waals surface area contributed by atoms with Crippen molar-refractivity contribution in [3.63, 3.8) is 0 Å². The smallest absolute Gasteiger partial charge is 0.422 e. The number of amides is 1. The van der Waals surface area contributed by atoms with Gasteiger partial charge in [-0.15, -0.1) is 0 Å². The van der Waals surface area contributed by atoms with E-state index in [2.05, 4.69) is 20.7 Å². The molecule has 0 radical (unpaired) electrons. The number of carbonyl (C=O) groups is 1. The summed E-state index contributed by atoms with van der Waals surface area (Å²) in [6, 6.07) is 1.72. The summed E-state index contributed by atoms with van der Waals surface area (Å²) >= 11 is 2.83. The molecule has 1 aromatic carbocycles. The molecule has 0 saturated heterocycles. The number of carbonyl (C=O) groups excluding carboxylic acids is 1. The normalized spacial score (nSPS) is 10.9. The number of methoxy groups -OCH3 is 1. The topological polar surface area (TPSA) is 84.5 Å². The maximum atomic E-state index is 13.3. The highest BCUT2D eigenvalue weighted by Crippen LogP contribution is 2.24. The molecule has 0 fully saturated rings. The maximum absolute atomic E-state index is 13.3. The number of halogens is 3. The Morgan fingerprint density at radius 2 is 1.83 bits per heavy atom. The second-order valence-corrected chi connectivity index (χ2v) is 5.27. The van der Waals surface area contributed by atoms with Gasteiger partial charge in [0.25, 0.3) is 0 Å². The second kappa shape index (κ2) is 5.48. The van der Waals surface area contributed by atoms with E-state index >= 15 is 0 Å². The van der Waals surface area contributed by atoms with E-state index < -0.39 is 33.6 Å². The van der Waals surface area contributed by atoms with E-state index in [4.69, 9.17) is 0 Å². The van der Waals surface area contributed by atoms with Crippen molar-refractivity contribution in [1.82, 2.24) is 4.72 Å². The van der Waals surface area contributed by atoms with Crippen LogP contribution in [-0.4, -0.2) is 21.6 Å². The summed E-state index contributed by atoms with van der Waals surface area (Å²) in [7, 11) is -3.54. The summed E-state index contributed by atoms with van der Waals surface area (Å²) in [4.78, 5) is 10.7. The summed E-state index contributed by atoms with van der Waals surface area (Å²) in [5.74, 6) is -2.28. The molecule has 18 heavy (non-hydrogen) atoms. The lowest BCUT2D eigenvalue weighted by atomic mass is 10.3. The third kappa shape index (κ3) is 3.81. The van der Waals surface area contributed by atoms with Crippen LogP contribution in [0.5, 0.6) is 0 Å². The van der Waals surface area contributed by atoms with Crippen LogP contribution in [-0.2, 0) is 14.9 Å². The molecule has 0 bridgehead atoms. The van der Waals surface area contributed by atoms with Crippen LogP contribution >= 0.6 is 15.9 Å². The highest BCUT2D eigenvalue weighted by Gasteiger charge is 2.19. The van der Waals surface area contributed by atoms with Gasteiger partial charge in [-0.05, 0) is 12.1 Å². The van der Waals surface area contributed by atoms with Gasteiger partial charge in [0.2, 0.25) is 0 Å². The van der Waals surface area contributed by atoms with E-state index in [-0.39, 0.29) is 4.47 Å². The van der Waals surface area contributed by atoms with Crippen molar-refractivity contribution in [3.8, 4) is 0 Å². The molecule has 0 spiro atoms. The molecule has 0 atom stereocenters. The summed E-state index contributed by atoms with van der Waals surface area (Å²) in [6.07, 6.45) is -1.29. The van der Waals surface area contributed by atoms with E-state index in [1.165, 1.54) is 9.44 Å². The Kier molecular flexibility index (Phi) is 4.46. The summed E-state index contributed by atoms with van der Waals surface area (Å²) in [5.41, 5.74) is -0.908. The molecular formula is C8H7BrF2N2O4S. The lowest BCUT2D eigenvalue weighted by Gasteiger charge is -2.10. The third-order valence-electron chi connectivity index (χ3n) is 1.65. The molecule has 0 saturated carbocycles. The van der Waals surface area contributed by atoms with Crippen molar-refractivity contribution >= 4 is 37.9 Å². The Morgan fingerprint density at radius 3 is 2.28 bits per heavy atom. The summed E-state index contributed by atoms with van der Waals surface area (Å²) in [6.45, 7) is 0. The van der Waals surface area contributed by atoms with Crippen LogP contribution in [0.15, 0.2) is 16.6 Å². The van der Waals surface area contributed by atoms with Gasteiger partial charge in [0.05, 0.1) is 7.11 Å². The summed E-state index contributed by atoms with van der Waals surface area (Å²) < 4.78 is 56.3. The second-order valence-electron chi connectivity index (χ2n) is 2.94. The third-order valence-corrected chi connectivity index (χ3v) is 3.01. The highest BCUT2D eigenvalue weighted by molar-refractivity contribution is 9.10. The van der Waals surface area contributed by atoms with Gasteiger partial charge in [-0.25, -0.2) is 18.3 Å². The monoisotopic (exact) mass is 344 g/mol. The molecule has 6 nitrogen and oxygen atoms in total. The molecule has 0 unspecified atom stereocenters. The fraction of sp³-hybridized carbons (Fsp3) is 0.125. The van der Waals surface area contributed by atoms with Crippen LogP contribution in [0, 0.1) is 11.6 Å². The lowest BCUT2D eigenvalue weighted by molar-refractivity contribution is 0.177. The minimum atomic E-state index is -4.47. The first-order valence-corrected chi connectivity index (χ1v) is 6.56. The van der Waals surface area contributed by atoms with Gasteiger partial charge in [-0.2, -0.15) is 8.42 Å². The number of benzene rings is 1. The van der Waals surface area contributed by atoms with Crippen LogP contribution in [0.2, 0.25) is 0 Å². The van der Waals surface area contributed by atoms with E-state index in [9.17, 15) is 22.0 Å². The summed E-state index contributed by atoms with van der Waals surface area (Å²) in [5, 5.41) is 0. The number of hydrogen-bond acceptors (Lipinski definition) is 4. The first-order valence-electron chi connectivity index (χ1n) is 4.28. The average molecular weight is 345 g/mol. The molecular weight excluding hydrogens is 338 g/mol. The number of nitrogens with one attached hydrogen (secondary N) is 2. The molecule has 0 aliphatic carbocycles. The fourth-order valence-electron chi connectivity index (χ4n) is 0.951. The standard InChI is InChI=1S/C8H7BrF2N2O4S/c1-17-8(14)13-18(15,16)12-7-5(10)2-4(9)3-6(7)11/h2-3,12H,1H3,(H,13,14). The predicted molar refractivity (Wildman–Crippen MR) is 62.1 cm³/mol. The number of hydrogen-bond donors (Lipinski definition) is 2. The van der Waals surface area contributed by atoms with Gasteiger partial charge in [0.15, 0.2) is 11.6 Å². The van der Waals surface area contributed by atoms with Gasteiger partial charge >= 0.3 is 16.3 Å². The highest BCUT2D eigenvalue weighted by atomic mass is 79.9. The van der Waals surface area contributed by atoms with E-state index in [1.807, 2.05) is 0 Å². The molecule has 0 aromatic heterocycles. The molecule has 0 aliphatic heterocycles. The first kappa shape index (κ1) is 14.6. The van der Waals surface area contributed by atoms with Gasteiger partial charge in [-0.3, -0.25) is 4.72 Å². The molecule has 10 heteroatoms. The van der Waals surface area contributed by atoms with Crippen molar-refractivity contribution < 1.29 is 26.7 Å². The zero-order valence-electron chi connectivity index (χ0n) is 8.83. The van der Waals surface area contributed by atoms with E-state index in [0.717, 1.165) is 19.2 Å². The van der Waals surface area contributed by atoms with Crippen molar-refractivity contribution in [2.75, 3.05) is 11.8 Å². The van der Waals surface area contributed by atoms with Crippen molar-refractivity contribution in [1.29, 1.82) is 0 Å². The van der Waals surface area contributed by atoms with Crippen molar-refractivity contribution in [2.24, 2.45) is 0 Å². The molecule has 0 heterocycles. The molecule has 2 N–H and O–H groups in total. The van der Waals surface area contributed by atoms with Crippen molar-refractivity contribution in [2.45, 2.75) is 0 Å².